The van der Waals surface area contributed by atoms with E-state index in [0.29, 0.717) is 15.8 Å². The topological polar surface area (TPSA) is 60.3 Å². The van der Waals surface area contributed by atoms with E-state index in [9.17, 15) is 5.11 Å². The summed E-state index contributed by atoms with van der Waals surface area (Å²) >= 11 is 6.78. The summed E-state index contributed by atoms with van der Waals surface area (Å²) < 4.78 is 12.3. The zero-order chi connectivity index (χ0) is 16.0. The minimum Gasteiger partial charge on any atom is -0.348 e. The van der Waals surface area contributed by atoms with Crippen LogP contribution in [0.3, 0.4) is 0 Å². The Labute approximate surface area is 144 Å². The Balaban J connectivity index is 2.12. The van der Waals surface area contributed by atoms with Gasteiger partial charge in [-0.2, -0.15) is 0 Å². The number of oxime groups is 1. The fraction of sp³-hybridized carbons (Fsp3) is 0.267. The van der Waals surface area contributed by atoms with Crippen LogP contribution in [-0.4, -0.2) is 36.6 Å². The number of allylic oxidation sites excluding steroid dienone is 2. The summed E-state index contributed by atoms with van der Waals surface area (Å²) in [6.45, 7) is 0. The Morgan fingerprint density at radius 2 is 1.91 bits per heavy atom. The summed E-state index contributed by atoms with van der Waals surface area (Å²) in [5.41, 5.74) is 1.81. The standard InChI is InChI=1S/C15H13Br2NO4/c1-20-15(21-2)12(17)7-6-11-13(18-22-14(11,15)19)9-4-3-5-10(16)8-9/h3-8,19H,1-2H3. The number of benzene rings is 1. The van der Waals surface area contributed by atoms with Gasteiger partial charge in [-0.3, -0.25) is 0 Å². The van der Waals surface area contributed by atoms with Crippen molar-refractivity contribution in [3.63, 3.8) is 0 Å². The molecule has 0 radical (unpaired) electrons. The molecule has 1 aromatic carbocycles. The Bertz CT molecular complexity index is 709. The fourth-order valence-corrected chi connectivity index (χ4v) is 3.75. The van der Waals surface area contributed by atoms with Gasteiger partial charge in [0.2, 0.25) is 0 Å². The van der Waals surface area contributed by atoms with Crippen LogP contribution in [0.2, 0.25) is 0 Å². The van der Waals surface area contributed by atoms with Gasteiger partial charge in [0, 0.05) is 24.3 Å². The smallest absolute Gasteiger partial charge is 0.322 e. The molecule has 116 valence electrons. The number of methoxy groups -OCH3 is 2. The number of hydrogen-bond donors (Lipinski definition) is 1. The second-order valence-corrected chi connectivity index (χ2v) is 6.58. The second kappa shape index (κ2) is 5.58. The van der Waals surface area contributed by atoms with E-state index in [0.717, 1.165) is 10.0 Å². The average Bonchev–Trinajstić information content (AvgIpc) is 2.85. The van der Waals surface area contributed by atoms with Crippen LogP contribution >= 0.6 is 31.9 Å². The lowest BCUT2D eigenvalue weighted by Crippen LogP contribution is -2.59. The van der Waals surface area contributed by atoms with Crippen LogP contribution in [0.5, 0.6) is 0 Å². The number of nitrogens with zero attached hydrogens (tertiary/aromatic N) is 1. The maximum Gasteiger partial charge on any atom is 0.322 e. The van der Waals surface area contributed by atoms with Crippen LogP contribution in [0, 0.1) is 0 Å². The highest BCUT2D eigenvalue weighted by Gasteiger charge is 2.64. The number of hydrogen-bond acceptors (Lipinski definition) is 5. The molecule has 2 aliphatic rings. The first kappa shape index (κ1) is 15.9. The Morgan fingerprint density at radius 1 is 1.18 bits per heavy atom. The Hall–Kier alpha value is -0.990. The first-order valence-electron chi connectivity index (χ1n) is 6.42. The highest BCUT2D eigenvalue weighted by Crippen LogP contribution is 2.48. The molecule has 0 saturated carbocycles. The van der Waals surface area contributed by atoms with E-state index in [1.807, 2.05) is 24.3 Å². The summed E-state index contributed by atoms with van der Waals surface area (Å²) in [6, 6.07) is 7.57. The molecule has 7 heteroatoms. The van der Waals surface area contributed by atoms with E-state index in [-0.39, 0.29) is 0 Å². The van der Waals surface area contributed by atoms with Crippen molar-refractivity contribution < 1.29 is 19.4 Å². The van der Waals surface area contributed by atoms with Gasteiger partial charge in [-0.1, -0.05) is 33.2 Å². The van der Waals surface area contributed by atoms with E-state index >= 15 is 0 Å². The summed E-state index contributed by atoms with van der Waals surface area (Å²) in [7, 11) is 2.86. The molecule has 3 rings (SSSR count). The highest BCUT2D eigenvalue weighted by atomic mass is 79.9. The Morgan fingerprint density at radius 3 is 2.55 bits per heavy atom. The van der Waals surface area contributed by atoms with Gasteiger partial charge in [-0.15, -0.1) is 0 Å². The number of aliphatic hydroxyl groups is 1. The molecule has 1 aliphatic carbocycles. The number of ether oxygens (including phenoxy) is 2. The van der Waals surface area contributed by atoms with Crippen LogP contribution < -0.4 is 0 Å². The molecule has 1 heterocycles. The quantitative estimate of drug-likeness (QED) is 0.748. The van der Waals surface area contributed by atoms with E-state index in [1.165, 1.54) is 14.2 Å². The van der Waals surface area contributed by atoms with Crippen molar-refractivity contribution in [2.45, 2.75) is 11.6 Å². The fourth-order valence-electron chi connectivity index (χ4n) is 2.63. The predicted molar refractivity (Wildman–Crippen MR) is 88.6 cm³/mol. The molecule has 22 heavy (non-hydrogen) atoms. The molecule has 0 bridgehead atoms. The summed E-state index contributed by atoms with van der Waals surface area (Å²) in [5.74, 6) is -3.39. The zero-order valence-corrected chi connectivity index (χ0v) is 15.0. The van der Waals surface area contributed by atoms with Crippen molar-refractivity contribution in [3.8, 4) is 0 Å². The van der Waals surface area contributed by atoms with Crippen LogP contribution in [0.15, 0.2) is 56.1 Å². The molecule has 1 N–H and O–H groups in total. The third-order valence-corrected chi connectivity index (χ3v) is 5.00. The molecule has 1 aromatic rings. The van der Waals surface area contributed by atoms with Gasteiger partial charge >= 0.3 is 5.79 Å². The van der Waals surface area contributed by atoms with Crippen molar-refractivity contribution in [1.82, 2.24) is 0 Å². The molecular formula is C15H13Br2NO4. The normalized spacial score (nSPS) is 25.8. The van der Waals surface area contributed by atoms with Crippen molar-refractivity contribution in [1.29, 1.82) is 0 Å². The molecule has 0 amide bonds. The third-order valence-electron chi connectivity index (χ3n) is 3.72. The van der Waals surface area contributed by atoms with E-state index in [1.54, 1.807) is 12.2 Å². The van der Waals surface area contributed by atoms with E-state index in [2.05, 4.69) is 37.0 Å². The molecular weight excluding hydrogens is 418 g/mol. The molecule has 0 saturated heterocycles. The van der Waals surface area contributed by atoms with Crippen LogP contribution in [0.4, 0.5) is 0 Å². The summed E-state index contributed by atoms with van der Waals surface area (Å²) in [4.78, 5) is 5.36. The van der Waals surface area contributed by atoms with Gasteiger partial charge in [0.15, 0.2) is 0 Å². The van der Waals surface area contributed by atoms with Crippen molar-refractivity contribution in [2.24, 2.45) is 5.16 Å². The maximum atomic E-state index is 11.1. The minimum atomic E-state index is -1.87. The minimum absolute atomic E-state index is 0.470. The monoisotopic (exact) mass is 429 g/mol. The molecule has 0 spiro atoms. The molecule has 0 fully saturated rings. The predicted octanol–water partition coefficient (Wildman–Crippen LogP) is 3.08. The van der Waals surface area contributed by atoms with Gasteiger partial charge in [-0.05, 0) is 40.2 Å². The van der Waals surface area contributed by atoms with Crippen molar-refractivity contribution >= 4 is 37.6 Å². The lowest BCUT2D eigenvalue weighted by atomic mass is 9.86. The van der Waals surface area contributed by atoms with Gasteiger partial charge in [0.25, 0.3) is 5.79 Å². The van der Waals surface area contributed by atoms with Gasteiger partial charge in [0.05, 0.1) is 10.1 Å². The molecule has 1 unspecified atom stereocenters. The summed E-state index contributed by atoms with van der Waals surface area (Å²) in [5, 5.41) is 15.1. The van der Waals surface area contributed by atoms with E-state index in [4.69, 9.17) is 14.3 Å². The maximum absolute atomic E-state index is 11.1. The number of fused-ring (bicyclic) bond motifs is 1. The molecule has 1 aliphatic heterocycles. The largest absolute Gasteiger partial charge is 0.348 e. The average molecular weight is 431 g/mol. The van der Waals surface area contributed by atoms with Crippen LogP contribution in [0.25, 0.3) is 0 Å². The highest BCUT2D eigenvalue weighted by molar-refractivity contribution is 9.11. The van der Waals surface area contributed by atoms with Crippen LogP contribution in [0.1, 0.15) is 5.56 Å². The first-order chi connectivity index (χ1) is 10.5. The van der Waals surface area contributed by atoms with E-state index < -0.39 is 11.6 Å². The first-order valence-corrected chi connectivity index (χ1v) is 8.00. The summed E-state index contributed by atoms with van der Waals surface area (Å²) in [6.07, 6.45) is 3.48. The third kappa shape index (κ3) is 2.04. The Kier molecular flexibility index (Phi) is 4.03. The SMILES string of the molecule is COC1(OC)C(Br)=CC=C2C(c3cccc(Br)c3)=NOC21O. The lowest BCUT2D eigenvalue weighted by molar-refractivity contribution is -0.343. The molecule has 5 nitrogen and oxygen atoms in total. The lowest BCUT2D eigenvalue weighted by Gasteiger charge is -2.42. The van der Waals surface area contributed by atoms with Gasteiger partial charge < -0.3 is 19.4 Å². The van der Waals surface area contributed by atoms with Gasteiger partial charge in [-0.25, -0.2) is 0 Å². The molecule has 1 atom stereocenters. The second-order valence-electron chi connectivity index (χ2n) is 4.81. The molecule has 0 aromatic heterocycles. The number of rotatable bonds is 3. The zero-order valence-electron chi connectivity index (χ0n) is 11.8. The number of halogens is 2. The van der Waals surface area contributed by atoms with Crippen molar-refractivity contribution in [3.05, 3.63) is 56.5 Å². The van der Waals surface area contributed by atoms with Crippen molar-refractivity contribution in [2.75, 3.05) is 14.2 Å². The van der Waals surface area contributed by atoms with Gasteiger partial charge in [0.1, 0.15) is 5.71 Å². The van der Waals surface area contributed by atoms with Crippen LogP contribution in [-0.2, 0) is 14.3 Å².